The van der Waals surface area contributed by atoms with Crippen molar-refractivity contribution >= 4 is 29.8 Å². The van der Waals surface area contributed by atoms with Gasteiger partial charge in [-0.15, -0.1) is 0 Å². The first-order valence-electron chi connectivity index (χ1n) is 11.5. The van der Waals surface area contributed by atoms with E-state index in [1.807, 2.05) is 38.1 Å². The van der Waals surface area contributed by atoms with Gasteiger partial charge in [0.2, 0.25) is 0 Å². The van der Waals surface area contributed by atoms with Gasteiger partial charge < -0.3 is 0 Å². The topological polar surface area (TPSA) is 54.0 Å². The summed E-state index contributed by atoms with van der Waals surface area (Å²) in [7, 11) is 1.61. The molecule has 0 amide bonds. The van der Waals surface area contributed by atoms with E-state index in [0.717, 1.165) is 18.6 Å². The van der Waals surface area contributed by atoms with Crippen molar-refractivity contribution in [3.05, 3.63) is 53.1 Å². The number of carbonyl (C=O) groups is 1. The van der Waals surface area contributed by atoms with E-state index in [9.17, 15) is 4.79 Å². The Bertz CT molecular complexity index is 965. The Morgan fingerprint density at radius 1 is 1.03 bits per heavy atom. The molecule has 6 heteroatoms. The van der Waals surface area contributed by atoms with Gasteiger partial charge in [-0.1, -0.05) is 0 Å². The fourth-order valence-corrected chi connectivity index (χ4v) is 5.96. The van der Waals surface area contributed by atoms with Gasteiger partial charge in [0.25, 0.3) is 0 Å². The maximum absolute atomic E-state index is 12.0. The minimum absolute atomic E-state index is 0.00208. The summed E-state index contributed by atoms with van der Waals surface area (Å²) >= 11 is 0.00208. The van der Waals surface area contributed by atoms with Crippen LogP contribution in [0.1, 0.15) is 75.9 Å². The molecule has 0 aromatic heterocycles. The molecule has 0 aliphatic heterocycles. The molecule has 1 unspecified atom stereocenters. The molecule has 1 atom stereocenters. The summed E-state index contributed by atoms with van der Waals surface area (Å²) < 4.78 is 24.4. The number of hydrogen-bond acceptors (Lipinski definition) is 5. The van der Waals surface area contributed by atoms with Gasteiger partial charge in [-0.25, -0.2) is 0 Å². The molecule has 5 nitrogen and oxygen atoms in total. The summed E-state index contributed by atoms with van der Waals surface area (Å²) in [5, 5.41) is 0. The SMILES string of the molecule is CCOC(=O)c1ccc([Se]c2cc3c(cc2OCOC(C)OC)C(C)(C)CCC3(C)C)cc1. The predicted molar refractivity (Wildman–Crippen MR) is 132 cm³/mol. The van der Waals surface area contributed by atoms with Crippen LogP contribution in [-0.4, -0.2) is 47.7 Å². The van der Waals surface area contributed by atoms with Gasteiger partial charge in [0.05, 0.1) is 0 Å². The van der Waals surface area contributed by atoms with E-state index in [1.165, 1.54) is 20.1 Å². The fraction of sp³-hybridized carbons (Fsp3) is 0.519. The summed E-state index contributed by atoms with van der Waals surface area (Å²) in [6.07, 6.45) is 1.97. The molecule has 180 valence electrons. The second-order valence-corrected chi connectivity index (χ2v) is 12.0. The molecule has 1 aliphatic rings. The average molecular weight is 520 g/mol. The van der Waals surface area contributed by atoms with Crippen molar-refractivity contribution in [1.82, 2.24) is 0 Å². The number of benzene rings is 2. The zero-order valence-electron chi connectivity index (χ0n) is 20.8. The fourth-order valence-electron chi connectivity index (χ4n) is 4.03. The Morgan fingerprint density at radius 2 is 1.64 bits per heavy atom. The molecule has 0 spiro atoms. The third-order valence-corrected chi connectivity index (χ3v) is 8.56. The molecule has 1 aliphatic carbocycles. The van der Waals surface area contributed by atoms with Crippen LogP contribution in [0.25, 0.3) is 0 Å². The van der Waals surface area contributed by atoms with Crippen LogP contribution in [0.15, 0.2) is 36.4 Å². The Hall–Kier alpha value is -1.85. The predicted octanol–water partition coefficient (Wildman–Crippen LogP) is 4.21. The van der Waals surface area contributed by atoms with Crippen LogP contribution in [0.3, 0.4) is 0 Å². The van der Waals surface area contributed by atoms with Gasteiger partial charge in [0.15, 0.2) is 0 Å². The zero-order valence-corrected chi connectivity index (χ0v) is 22.5. The monoisotopic (exact) mass is 520 g/mol. The van der Waals surface area contributed by atoms with Gasteiger partial charge in [0.1, 0.15) is 0 Å². The number of carbonyl (C=O) groups excluding carboxylic acids is 1. The maximum atomic E-state index is 12.0. The number of ether oxygens (including phenoxy) is 4. The van der Waals surface area contributed by atoms with Crippen LogP contribution in [0, 0.1) is 0 Å². The van der Waals surface area contributed by atoms with Crippen molar-refractivity contribution in [1.29, 1.82) is 0 Å². The molecule has 0 N–H and O–H groups in total. The van der Waals surface area contributed by atoms with E-state index in [2.05, 4.69) is 39.8 Å². The first-order chi connectivity index (χ1) is 15.6. The van der Waals surface area contributed by atoms with Crippen molar-refractivity contribution in [3.8, 4) is 5.75 Å². The van der Waals surface area contributed by atoms with Crippen LogP contribution in [0.2, 0.25) is 0 Å². The quantitative estimate of drug-likeness (QED) is 0.282. The van der Waals surface area contributed by atoms with Crippen LogP contribution in [0.5, 0.6) is 5.75 Å². The molecule has 0 radical (unpaired) electrons. The first kappa shape index (κ1) is 25.8. The summed E-state index contributed by atoms with van der Waals surface area (Å²) in [5.41, 5.74) is 3.53. The summed E-state index contributed by atoms with van der Waals surface area (Å²) in [5.74, 6) is 0.569. The van der Waals surface area contributed by atoms with Gasteiger partial charge in [0, 0.05) is 0 Å². The third kappa shape index (κ3) is 6.19. The Labute approximate surface area is 204 Å². The van der Waals surface area contributed by atoms with Gasteiger partial charge in [-0.05, 0) is 0 Å². The van der Waals surface area contributed by atoms with Crippen LogP contribution in [0.4, 0.5) is 0 Å². The normalized spacial score (nSPS) is 17.2. The zero-order chi connectivity index (χ0) is 24.2. The summed E-state index contributed by atoms with van der Waals surface area (Å²) in [6, 6.07) is 12.3. The van der Waals surface area contributed by atoms with Crippen molar-refractivity contribution in [2.75, 3.05) is 20.5 Å². The number of hydrogen-bond donors (Lipinski definition) is 0. The summed E-state index contributed by atoms with van der Waals surface area (Å²) in [4.78, 5) is 12.0. The summed E-state index contributed by atoms with van der Waals surface area (Å²) in [6.45, 7) is 13.4. The standard InChI is InChI=1S/C27H36O5Se/c1-8-30-25(28)19-9-11-20(12-10-19)33-24-16-22-21(26(3,4)13-14-27(22,5)6)15-23(24)32-17-31-18(2)29-7/h9-12,15-16,18H,8,13-14,17H2,1-7H3. The van der Waals surface area contributed by atoms with Crippen LogP contribution in [-0.2, 0) is 25.0 Å². The molecule has 2 aromatic rings. The van der Waals surface area contributed by atoms with Crippen LogP contribution >= 0.6 is 0 Å². The third-order valence-electron chi connectivity index (χ3n) is 6.36. The molecule has 3 rings (SSSR count). The number of fused-ring (bicyclic) bond motifs is 1. The van der Waals surface area contributed by atoms with Gasteiger partial charge in [-0.3, -0.25) is 0 Å². The van der Waals surface area contributed by atoms with E-state index in [1.54, 1.807) is 7.11 Å². The van der Waals surface area contributed by atoms with E-state index < -0.39 is 0 Å². The molecular weight excluding hydrogens is 483 g/mol. The molecule has 0 bridgehead atoms. The molecule has 2 aromatic carbocycles. The molecule has 0 saturated carbocycles. The van der Waals surface area contributed by atoms with E-state index in [0.29, 0.717) is 12.2 Å². The van der Waals surface area contributed by atoms with Crippen molar-refractivity contribution in [3.63, 3.8) is 0 Å². The average Bonchev–Trinajstić information content (AvgIpc) is 2.78. The van der Waals surface area contributed by atoms with Gasteiger partial charge in [-0.2, -0.15) is 0 Å². The second-order valence-electron chi connectivity index (χ2n) is 9.69. The van der Waals surface area contributed by atoms with Crippen LogP contribution < -0.4 is 13.7 Å². The van der Waals surface area contributed by atoms with Crippen molar-refractivity contribution < 1.29 is 23.7 Å². The number of rotatable bonds is 9. The minimum atomic E-state index is -0.331. The number of methoxy groups -OCH3 is 1. The number of esters is 1. The Balaban J connectivity index is 1.95. The molecule has 0 fully saturated rings. The molecule has 0 saturated heterocycles. The molecule has 33 heavy (non-hydrogen) atoms. The van der Waals surface area contributed by atoms with E-state index >= 15 is 0 Å². The molecule has 0 heterocycles. The molecular formula is C27H36O5Se. The van der Waals surface area contributed by atoms with Gasteiger partial charge >= 0.3 is 204 Å². The first-order valence-corrected chi connectivity index (χ1v) is 13.2. The van der Waals surface area contributed by atoms with Crippen molar-refractivity contribution in [2.45, 2.75) is 71.5 Å². The Morgan fingerprint density at radius 3 is 2.21 bits per heavy atom. The van der Waals surface area contributed by atoms with E-state index in [4.69, 9.17) is 18.9 Å². The Kier molecular flexibility index (Phi) is 8.28. The van der Waals surface area contributed by atoms with E-state index in [-0.39, 0.29) is 44.8 Å². The van der Waals surface area contributed by atoms with Crippen molar-refractivity contribution in [2.24, 2.45) is 0 Å². The second kappa shape index (κ2) is 10.6.